The number of para-hydroxylation sites is 2. The molecule has 10 aromatic rings. The normalized spacial score (nSPS) is 23.2. The molecule has 12 rings (SSSR count). The van der Waals surface area contributed by atoms with E-state index in [2.05, 4.69) is 92.4 Å². The van der Waals surface area contributed by atoms with Crippen molar-refractivity contribution in [1.82, 2.24) is 92.4 Å². The second-order valence-electron chi connectivity index (χ2n) is 30.0. The van der Waals surface area contributed by atoms with Crippen molar-refractivity contribution >= 4 is 126 Å². The highest BCUT2D eigenvalue weighted by molar-refractivity contribution is 8.76. The maximum Gasteiger partial charge on any atom is 0.303 e. The molecule has 8 heterocycles. The van der Waals surface area contributed by atoms with E-state index in [1.807, 2.05) is 12.1 Å². The van der Waals surface area contributed by atoms with E-state index in [0.717, 1.165) is 21.6 Å². The highest BCUT2D eigenvalue weighted by Crippen LogP contribution is 2.33. The van der Waals surface area contributed by atoms with Gasteiger partial charge >= 0.3 is 11.9 Å². The number of aromatic amines is 6. The molecule has 0 radical (unpaired) electrons. The van der Waals surface area contributed by atoms with Crippen LogP contribution in [0.2, 0.25) is 0 Å². The van der Waals surface area contributed by atoms with Crippen molar-refractivity contribution < 1.29 is 77.3 Å². The maximum atomic E-state index is 16.0. The lowest BCUT2D eigenvalue weighted by molar-refractivity contribution is -0.139. The van der Waals surface area contributed by atoms with E-state index in [9.17, 15) is 19.8 Å². The van der Waals surface area contributed by atoms with Gasteiger partial charge in [-0.1, -0.05) is 119 Å². The topological polar surface area (TPSA) is 522 Å². The summed E-state index contributed by atoms with van der Waals surface area (Å²) in [7, 11) is 1.82. The fraction of sp³-hybridized carbons (Fsp3) is 0.357. The number of aromatic nitrogens is 10. The average molecular weight is 1670 g/mol. The zero-order valence-electron chi connectivity index (χ0n) is 65.0. The van der Waals surface area contributed by atoms with Gasteiger partial charge in [0.1, 0.15) is 59.6 Å². The molecule has 12 atom stereocenters. The van der Waals surface area contributed by atoms with Crippen molar-refractivity contribution in [2.24, 2.45) is 23.7 Å². The number of nitrogens with zero attached hydrogens (tertiary/aromatic N) is 4. The predicted octanol–water partition coefficient (Wildman–Crippen LogP) is 4.10. The fourth-order valence-corrected chi connectivity index (χ4v) is 17.4. The van der Waals surface area contributed by atoms with E-state index < -0.39 is 211 Å². The number of carbonyl (C=O) groups excluding carboxylic acids is 12. The molecule has 2 bridgehead atoms. The molecule has 8 amide bonds. The van der Waals surface area contributed by atoms with Gasteiger partial charge in [-0.25, -0.2) is 19.9 Å². The van der Waals surface area contributed by atoms with Gasteiger partial charge in [0, 0.05) is 172 Å². The Hall–Kier alpha value is -13.1. The number of carbonyl (C=O) groups is 14. The molecule has 6 aromatic heterocycles. The number of carboxylic acids is 2. The fourth-order valence-electron chi connectivity index (χ4n) is 14.8. The van der Waals surface area contributed by atoms with Gasteiger partial charge < -0.3 is 82.7 Å². The first-order valence-electron chi connectivity index (χ1n) is 39.3. The zero-order chi connectivity index (χ0) is 84.6. The van der Waals surface area contributed by atoms with Crippen LogP contribution in [0.15, 0.2) is 172 Å². The Morgan fingerprint density at radius 1 is 0.333 bits per heavy atom. The minimum Gasteiger partial charge on any atom is -0.481 e. The molecule has 34 nitrogen and oxygen atoms in total. The van der Waals surface area contributed by atoms with Crippen LogP contribution in [0.4, 0.5) is 0 Å². The van der Waals surface area contributed by atoms with E-state index in [1.165, 1.54) is 50.1 Å². The zero-order valence-corrected chi connectivity index (χ0v) is 66.7. The SMILES string of the molecule is O=C(O)CC[C@@H]1CC(=O)[C@@H]2CSSC[C@H](NC(=O)[C@H](Cc3c[nH]c4ccccc34)NC(=O)[C@H](Cc3c[nH]cn3)NC(=O)[C@@H](Cc3ccccc3)NC(=O)[C@H](Cc3c[nH]cn3)CC1=O)C(=O)N[C@@H](CCC(=O)O)C(=O)N[C@@H](Cc1c[nH]cn1)C(=O)N[C@H](Cc1ccccc1)C(=O)N[C@@H](Cc1c[nH]cn1)C(=O)C[C@@H](Cc1c[nH]c3ccccc13)C(=O)C2. The molecule has 4 aromatic carbocycles. The largest absolute Gasteiger partial charge is 0.481 e. The Morgan fingerprint density at radius 2 is 0.717 bits per heavy atom. The van der Waals surface area contributed by atoms with Crippen LogP contribution in [-0.2, 0) is 118 Å². The lowest BCUT2D eigenvalue weighted by Gasteiger charge is -2.28. The number of benzene rings is 4. The van der Waals surface area contributed by atoms with E-state index in [1.54, 1.807) is 109 Å². The monoisotopic (exact) mass is 1670 g/mol. The molecule has 36 heteroatoms. The summed E-state index contributed by atoms with van der Waals surface area (Å²) < 4.78 is 0. The summed E-state index contributed by atoms with van der Waals surface area (Å²) in [6.07, 6.45) is 7.54. The highest BCUT2D eigenvalue weighted by Gasteiger charge is 2.41. The Balaban J connectivity index is 0.995. The molecule has 16 N–H and O–H groups in total. The Kier molecular flexibility index (Phi) is 30.1. The molecule has 2 fully saturated rings. The lowest BCUT2D eigenvalue weighted by atomic mass is 9.81. The standard InChI is InChI=1S/C84H92N18O16S2/c103-71-30-51(26-55-37-85-43-91-55)77(111)97-65(23-47-11-3-1-4-12-47)80(114)101-69(34-58-40-88-46-94-58)83(117)99-67(27-53-36-90-62-18-10-8-16-60(53)62)81(115)102-70-42-120-119-41-54(73(105)28-49(71)19-21-75(107)108)31-72(104)50(25-52-35-89-61-17-9-7-15-59(52)61)29-74(106)64(32-56-38-86-44-92-56)96-79(113)66(24-48-13-5-2-6-14-48)98-82(116)68(33-57-39-87-45-93-57)100-78(112)63(95-84(70)118)20-22-76(109)110/h1-18,35-40,43-46,49-51,54,63-70,89-90H,19-34,41-42H2,(H,85,91)(H,86,92)(H,87,93)(H,88,94)(H,95,118)(H,96,113)(H,97,111)(H,98,116)(H,99,117)(H,100,112)(H,101,114)(H,102,115)(H,107,108)(H,109,110)/t49-,50-,51-,54+,63+,64+,65-,66-,67+,68+,69+,70+/m1/s1. The molecule has 0 spiro atoms. The van der Waals surface area contributed by atoms with Crippen molar-refractivity contribution in [2.75, 3.05) is 11.5 Å². The Morgan fingerprint density at radius 3 is 1.22 bits per heavy atom. The number of carboxylic acid groups (broad SMARTS) is 2. The molecular formula is C84H92N18O16S2. The number of hydrogen-bond acceptors (Lipinski definition) is 20. The van der Waals surface area contributed by atoms with Crippen LogP contribution in [0.25, 0.3) is 21.8 Å². The van der Waals surface area contributed by atoms with Gasteiger partial charge in [-0.2, -0.15) is 0 Å². The smallest absolute Gasteiger partial charge is 0.303 e. The van der Waals surface area contributed by atoms with Crippen LogP contribution in [0.5, 0.6) is 0 Å². The van der Waals surface area contributed by atoms with Crippen molar-refractivity contribution in [1.29, 1.82) is 0 Å². The summed E-state index contributed by atoms with van der Waals surface area (Å²) in [6, 6.07) is 18.3. The van der Waals surface area contributed by atoms with Crippen LogP contribution < -0.4 is 42.5 Å². The third-order valence-corrected chi connectivity index (χ3v) is 23.8. The van der Waals surface area contributed by atoms with Crippen molar-refractivity contribution in [3.8, 4) is 0 Å². The number of nitrogens with one attached hydrogen (secondary N) is 14. The highest BCUT2D eigenvalue weighted by atomic mass is 33.1. The van der Waals surface area contributed by atoms with Crippen molar-refractivity contribution in [2.45, 2.75) is 151 Å². The molecular weight excluding hydrogens is 1580 g/mol. The van der Waals surface area contributed by atoms with Crippen LogP contribution in [0.1, 0.15) is 96.4 Å². The van der Waals surface area contributed by atoms with Crippen LogP contribution in [0.3, 0.4) is 0 Å². The van der Waals surface area contributed by atoms with Gasteiger partial charge in [0.2, 0.25) is 47.3 Å². The summed E-state index contributed by atoms with van der Waals surface area (Å²) in [6.45, 7) is 0. The number of amides is 8. The maximum absolute atomic E-state index is 16.0. The number of ketones is 4. The number of imidazole rings is 4. The van der Waals surface area contributed by atoms with Gasteiger partial charge in [0.05, 0.1) is 60.0 Å². The summed E-state index contributed by atoms with van der Waals surface area (Å²) in [5.41, 5.74) is 4.56. The Labute approximate surface area is 694 Å². The van der Waals surface area contributed by atoms with Crippen LogP contribution in [-0.4, -0.2) is 202 Å². The molecule has 2 aliphatic heterocycles. The molecule has 0 unspecified atom stereocenters. The van der Waals surface area contributed by atoms with Gasteiger partial charge in [0.15, 0.2) is 5.78 Å². The first-order chi connectivity index (χ1) is 58.0. The van der Waals surface area contributed by atoms with E-state index in [-0.39, 0.29) is 68.5 Å². The van der Waals surface area contributed by atoms with Gasteiger partial charge in [-0.05, 0) is 53.6 Å². The third kappa shape index (κ3) is 24.3. The number of fused-ring (bicyclic) bond motifs is 7. The van der Waals surface area contributed by atoms with Gasteiger partial charge in [-0.3, -0.25) is 67.1 Å². The minimum atomic E-state index is -1.83. The van der Waals surface area contributed by atoms with E-state index in [4.69, 9.17) is 0 Å². The number of hydrogen-bond donors (Lipinski definition) is 16. The second-order valence-corrected chi connectivity index (χ2v) is 32.5. The van der Waals surface area contributed by atoms with Gasteiger partial charge in [0.25, 0.3) is 0 Å². The first-order valence-corrected chi connectivity index (χ1v) is 41.8. The van der Waals surface area contributed by atoms with Crippen molar-refractivity contribution in [3.05, 3.63) is 217 Å². The minimum absolute atomic E-state index is 0.125. The number of rotatable bonds is 22. The molecule has 2 aliphatic rings. The van der Waals surface area contributed by atoms with E-state index >= 15 is 57.5 Å². The summed E-state index contributed by atoms with van der Waals surface area (Å²) in [5, 5.41) is 44.0. The number of H-pyrrole nitrogens is 6. The predicted molar refractivity (Wildman–Crippen MR) is 440 cm³/mol. The quantitative estimate of drug-likeness (QED) is 0.0425. The number of aliphatic carboxylic acids is 2. The second kappa shape index (κ2) is 41.8. The molecule has 120 heavy (non-hydrogen) atoms. The van der Waals surface area contributed by atoms with Crippen molar-refractivity contribution in [3.63, 3.8) is 0 Å². The molecule has 626 valence electrons. The van der Waals surface area contributed by atoms with Crippen LogP contribution >= 0.6 is 21.6 Å². The molecule has 0 saturated carbocycles. The third-order valence-electron chi connectivity index (χ3n) is 21.3. The molecule has 2 saturated heterocycles. The average Bonchev–Trinajstić information content (AvgIpc) is 1.64. The lowest BCUT2D eigenvalue weighted by Crippen LogP contribution is -2.61. The molecule has 0 aliphatic carbocycles. The summed E-state index contributed by atoms with van der Waals surface area (Å²) in [5.74, 6) is -19.7. The summed E-state index contributed by atoms with van der Waals surface area (Å²) in [4.78, 5) is 247. The van der Waals surface area contributed by atoms with Crippen LogP contribution in [0, 0.1) is 23.7 Å². The van der Waals surface area contributed by atoms with E-state index in [0.29, 0.717) is 55.4 Å². The Bertz CT molecular complexity index is 4920. The number of Topliss-reactive ketones (excluding diaryl/α,β-unsaturated/α-hetero) is 4. The van der Waals surface area contributed by atoms with Gasteiger partial charge in [-0.15, -0.1) is 0 Å². The first kappa shape index (κ1) is 86.2. The summed E-state index contributed by atoms with van der Waals surface area (Å²) >= 11 is 0.